The highest BCUT2D eigenvalue weighted by Gasteiger charge is 2.21. The topological polar surface area (TPSA) is 26.3 Å². The highest BCUT2D eigenvalue weighted by Crippen LogP contribution is 2.27. The number of cyclic esters (lactones) is 1. The first-order valence-electron chi connectivity index (χ1n) is 5.56. The van der Waals surface area contributed by atoms with Crippen LogP contribution in [0.25, 0.3) is 11.8 Å². The van der Waals surface area contributed by atoms with E-state index in [-0.39, 0.29) is 5.97 Å². The maximum atomic E-state index is 11.7. The van der Waals surface area contributed by atoms with E-state index in [1.54, 1.807) is 17.4 Å². The first-order chi connectivity index (χ1) is 8.83. The van der Waals surface area contributed by atoms with Crippen molar-refractivity contribution < 1.29 is 9.53 Å². The zero-order valence-electron chi connectivity index (χ0n) is 9.50. The largest absolute Gasteiger partial charge is 0.422 e. The first kappa shape index (κ1) is 11.0. The summed E-state index contributed by atoms with van der Waals surface area (Å²) in [6, 6.07) is 11.6. The molecule has 3 rings (SSSR count). The molecular weight excluding hydrogens is 244 g/mol. The van der Waals surface area contributed by atoms with Crippen molar-refractivity contribution in [2.24, 2.45) is 0 Å². The number of hydrogen-bond acceptors (Lipinski definition) is 3. The van der Waals surface area contributed by atoms with Gasteiger partial charge in [0.15, 0.2) is 0 Å². The van der Waals surface area contributed by atoms with Crippen LogP contribution in [0.3, 0.4) is 0 Å². The van der Waals surface area contributed by atoms with Crippen molar-refractivity contribution in [3.63, 3.8) is 0 Å². The van der Waals surface area contributed by atoms with Gasteiger partial charge in [0.05, 0.1) is 5.57 Å². The fraction of sp³-hybridized carbons (Fsp3) is 0. The SMILES string of the molecule is O=C1OC(c2ccccc2)=C/C1=C/c1ccsc1. The van der Waals surface area contributed by atoms with E-state index in [1.165, 1.54) is 0 Å². The molecule has 0 bridgehead atoms. The monoisotopic (exact) mass is 254 g/mol. The van der Waals surface area contributed by atoms with E-state index >= 15 is 0 Å². The molecule has 0 saturated carbocycles. The van der Waals surface area contributed by atoms with Gasteiger partial charge in [-0.2, -0.15) is 11.3 Å². The lowest BCUT2D eigenvalue weighted by molar-refractivity contribution is -0.130. The third-order valence-electron chi connectivity index (χ3n) is 2.65. The van der Waals surface area contributed by atoms with Crippen molar-refractivity contribution in [3.8, 4) is 0 Å². The van der Waals surface area contributed by atoms with Crippen molar-refractivity contribution in [2.45, 2.75) is 0 Å². The summed E-state index contributed by atoms with van der Waals surface area (Å²) in [4.78, 5) is 11.7. The van der Waals surface area contributed by atoms with E-state index in [1.807, 2.05) is 53.2 Å². The minimum Gasteiger partial charge on any atom is -0.422 e. The van der Waals surface area contributed by atoms with Gasteiger partial charge in [-0.15, -0.1) is 0 Å². The molecule has 3 heteroatoms. The van der Waals surface area contributed by atoms with Gasteiger partial charge in [0, 0.05) is 5.56 Å². The third-order valence-corrected chi connectivity index (χ3v) is 3.35. The molecule has 1 aromatic carbocycles. The Hall–Kier alpha value is -2.13. The Bertz CT molecular complexity index is 622. The molecule has 0 atom stereocenters. The smallest absolute Gasteiger partial charge is 0.343 e. The van der Waals surface area contributed by atoms with Crippen LogP contribution in [0.15, 0.2) is 58.8 Å². The number of hydrogen-bond donors (Lipinski definition) is 0. The summed E-state index contributed by atoms with van der Waals surface area (Å²) in [6.07, 6.45) is 3.63. The fourth-order valence-corrected chi connectivity index (χ4v) is 2.39. The number of thiophene rings is 1. The Morgan fingerprint density at radius 3 is 2.67 bits per heavy atom. The number of ether oxygens (including phenoxy) is 1. The number of esters is 1. The average molecular weight is 254 g/mol. The molecule has 1 aromatic heterocycles. The fourth-order valence-electron chi connectivity index (χ4n) is 1.77. The summed E-state index contributed by atoms with van der Waals surface area (Å²) in [6.45, 7) is 0. The van der Waals surface area contributed by atoms with E-state index in [0.717, 1.165) is 11.1 Å². The van der Waals surface area contributed by atoms with Crippen LogP contribution in [0.2, 0.25) is 0 Å². The van der Waals surface area contributed by atoms with Crippen molar-refractivity contribution >= 4 is 29.1 Å². The minimum atomic E-state index is -0.292. The van der Waals surface area contributed by atoms with E-state index < -0.39 is 0 Å². The van der Waals surface area contributed by atoms with Crippen LogP contribution in [0, 0.1) is 0 Å². The van der Waals surface area contributed by atoms with Crippen LogP contribution in [0.5, 0.6) is 0 Å². The van der Waals surface area contributed by atoms with Crippen LogP contribution in [-0.4, -0.2) is 5.97 Å². The molecule has 0 N–H and O–H groups in total. The molecule has 0 spiro atoms. The minimum absolute atomic E-state index is 0.292. The van der Waals surface area contributed by atoms with Crippen LogP contribution in [-0.2, 0) is 9.53 Å². The number of carbonyl (C=O) groups is 1. The Morgan fingerprint density at radius 2 is 1.94 bits per heavy atom. The summed E-state index contributed by atoms with van der Waals surface area (Å²) in [5, 5.41) is 3.98. The molecule has 18 heavy (non-hydrogen) atoms. The Labute approximate surface area is 109 Å². The third kappa shape index (κ3) is 2.13. The van der Waals surface area contributed by atoms with Gasteiger partial charge in [-0.05, 0) is 34.5 Å². The van der Waals surface area contributed by atoms with Crippen molar-refractivity contribution in [1.29, 1.82) is 0 Å². The molecule has 88 valence electrons. The van der Waals surface area contributed by atoms with E-state index in [9.17, 15) is 4.79 Å². The second-order valence-electron chi connectivity index (χ2n) is 3.92. The second-order valence-corrected chi connectivity index (χ2v) is 4.70. The van der Waals surface area contributed by atoms with Crippen LogP contribution >= 0.6 is 11.3 Å². The van der Waals surface area contributed by atoms with Crippen molar-refractivity contribution in [1.82, 2.24) is 0 Å². The normalized spacial score (nSPS) is 16.8. The summed E-state index contributed by atoms with van der Waals surface area (Å²) in [5.41, 5.74) is 2.53. The molecule has 0 fully saturated rings. The molecule has 0 amide bonds. The average Bonchev–Trinajstić information content (AvgIpc) is 3.02. The summed E-state index contributed by atoms with van der Waals surface area (Å²) in [5.74, 6) is 0.321. The molecule has 0 radical (unpaired) electrons. The van der Waals surface area contributed by atoms with E-state index in [4.69, 9.17) is 4.74 Å². The van der Waals surface area contributed by atoms with Gasteiger partial charge in [-0.3, -0.25) is 0 Å². The molecule has 0 aliphatic carbocycles. The Balaban J connectivity index is 1.95. The maximum Gasteiger partial charge on any atom is 0.343 e. The molecule has 1 aliphatic heterocycles. The van der Waals surface area contributed by atoms with Crippen molar-refractivity contribution in [3.05, 3.63) is 69.9 Å². The molecule has 0 saturated heterocycles. The standard InChI is InChI=1S/C15H10O2S/c16-15-13(8-11-6-7-18-10-11)9-14(17-15)12-4-2-1-3-5-12/h1-10H/b13-8-. The van der Waals surface area contributed by atoms with Crippen LogP contribution < -0.4 is 0 Å². The zero-order valence-corrected chi connectivity index (χ0v) is 10.3. The lowest BCUT2D eigenvalue weighted by atomic mass is 10.1. The molecule has 1 aliphatic rings. The lowest BCUT2D eigenvalue weighted by Gasteiger charge is -1.99. The maximum absolute atomic E-state index is 11.7. The molecular formula is C15H10O2S. The predicted octanol–water partition coefficient (Wildman–Crippen LogP) is 3.73. The molecule has 2 nitrogen and oxygen atoms in total. The second kappa shape index (κ2) is 4.63. The number of carbonyl (C=O) groups excluding carboxylic acids is 1. The van der Waals surface area contributed by atoms with Gasteiger partial charge in [-0.25, -0.2) is 4.79 Å². The van der Waals surface area contributed by atoms with E-state index in [2.05, 4.69) is 0 Å². The molecule has 2 aromatic rings. The zero-order chi connectivity index (χ0) is 12.4. The molecule has 0 unspecified atom stereocenters. The summed E-state index contributed by atoms with van der Waals surface area (Å²) >= 11 is 1.60. The van der Waals surface area contributed by atoms with Gasteiger partial charge in [0.2, 0.25) is 0 Å². The van der Waals surface area contributed by atoms with E-state index in [0.29, 0.717) is 11.3 Å². The van der Waals surface area contributed by atoms with Crippen LogP contribution in [0.4, 0.5) is 0 Å². The number of benzene rings is 1. The first-order valence-corrected chi connectivity index (χ1v) is 6.50. The van der Waals surface area contributed by atoms with Gasteiger partial charge >= 0.3 is 5.97 Å². The van der Waals surface area contributed by atoms with Crippen LogP contribution in [0.1, 0.15) is 11.1 Å². The molecule has 2 heterocycles. The predicted molar refractivity (Wildman–Crippen MR) is 72.8 cm³/mol. The van der Waals surface area contributed by atoms with Gasteiger partial charge in [0.1, 0.15) is 5.76 Å². The van der Waals surface area contributed by atoms with Gasteiger partial charge in [0.25, 0.3) is 0 Å². The number of rotatable bonds is 2. The van der Waals surface area contributed by atoms with Gasteiger partial charge in [-0.1, -0.05) is 30.3 Å². The summed E-state index contributed by atoms with van der Waals surface area (Å²) < 4.78 is 5.27. The highest BCUT2D eigenvalue weighted by molar-refractivity contribution is 7.08. The summed E-state index contributed by atoms with van der Waals surface area (Å²) in [7, 11) is 0. The van der Waals surface area contributed by atoms with Crippen molar-refractivity contribution in [2.75, 3.05) is 0 Å². The quantitative estimate of drug-likeness (QED) is 0.603. The Morgan fingerprint density at radius 1 is 1.11 bits per heavy atom. The Kier molecular flexibility index (Phi) is 2.82. The lowest BCUT2D eigenvalue weighted by Crippen LogP contribution is -1.96. The highest BCUT2D eigenvalue weighted by atomic mass is 32.1. The van der Waals surface area contributed by atoms with Gasteiger partial charge < -0.3 is 4.74 Å².